The minimum absolute atomic E-state index is 0.137. The van der Waals surface area contributed by atoms with Crippen molar-refractivity contribution in [2.75, 3.05) is 25.9 Å². The Morgan fingerprint density at radius 3 is 2.21 bits per heavy atom. The van der Waals surface area contributed by atoms with Gasteiger partial charge in [-0.05, 0) is 44.9 Å². The van der Waals surface area contributed by atoms with Crippen molar-refractivity contribution in [3.8, 4) is 11.3 Å². The van der Waals surface area contributed by atoms with E-state index in [1.807, 2.05) is 27.7 Å². The molecule has 3 heterocycles. The van der Waals surface area contributed by atoms with E-state index in [-0.39, 0.29) is 6.04 Å². The number of rotatable bonds is 3. The molecule has 2 aliphatic rings. The Balaban J connectivity index is 0.000000312. The zero-order chi connectivity index (χ0) is 25.7. The van der Waals surface area contributed by atoms with Crippen LogP contribution in [0, 0.1) is 5.92 Å². The van der Waals surface area contributed by atoms with Crippen molar-refractivity contribution < 1.29 is 17.9 Å². The zero-order valence-corrected chi connectivity index (χ0v) is 21.5. The number of nitrogens with one attached hydrogen (secondary N) is 1. The van der Waals surface area contributed by atoms with Gasteiger partial charge in [0.25, 0.3) is 0 Å². The molecule has 1 saturated carbocycles. The molecule has 2 aromatic heterocycles. The summed E-state index contributed by atoms with van der Waals surface area (Å²) in [6.45, 7) is 12.4. The number of pyridine rings is 1. The molecule has 4 rings (SSSR count). The van der Waals surface area contributed by atoms with Crippen LogP contribution in [0.15, 0.2) is 24.5 Å². The highest BCUT2D eigenvalue weighted by Crippen LogP contribution is 2.34. The van der Waals surface area contributed by atoms with Crippen LogP contribution >= 0.6 is 0 Å². The molecule has 0 spiro atoms. The standard InChI is InChI=1S/C12H13F3N4.C6H12.C5H11NO.C2H6/c1-7(2)19-4-3-10(18-19)8-5-9(12(13,14)15)11(16)17-6-8;1-6-4-2-3-5-6;1-7-5-2-3-6-4-5;1-2/h3-7H,1-2H3,(H2,16,17);6H,2-5H2,1H3;5-6H,2-4H2,1H3;1-2H3. The molecule has 0 amide bonds. The third-order valence-electron chi connectivity index (χ3n) is 5.65. The van der Waals surface area contributed by atoms with Crippen LogP contribution in [0.25, 0.3) is 11.3 Å². The lowest BCUT2D eigenvalue weighted by atomic mass is 10.1. The Hall–Kier alpha value is -2.13. The van der Waals surface area contributed by atoms with Gasteiger partial charge in [0.05, 0.1) is 17.4 Å². The first-order chi connectivity index (χ1) is 16.1. The molecule has 3 N–H and O–H groups in total. The maximum atomic E-state index is 12.7. The van der Waals surface area contributed by atoms with Crippen molar-refractivity contribution in [2.45, 2.75) is 85.0 Å². The van der Waals surface area contributed by atoms with Gasteiger partial charge in [-0.1, -0.05) is 46.5 Å². The lowest BCUT2D eigenvalue weighted by Gasteiger charge is -2.10. The van der Waals surface area contributed by atoms with E-state index in [4.69, 9.17) is 10.5 Å². The van der Waals surface area contributed by atoms with E-state index in [1.165, 1.54) is 38.3 Å². The van der Waals surface area contributed by atoms with Crippen molar-refractivity contribution in [3.05, 3.63) is 30.1 Å². The summed E-state index contributed by atoms with van der Waals surface area (Å²) >= 11 is 0. The van der Waals surface area contributed by atoms with Gasteiger partial charge in [-0.25, -0.2) is 4.98 Å². The Bertz CT molecular complexity index is 811. The van der Waals surface area contributed by atoms with Gasteiger partial charge in [-0.2, -0.15) is 18.3 Å². The van der Waals surface area contributed by atoms with Gasteiger partial charge in [-0.3, -0.25) is 4.68 Å². The van der Waals surface area contributed by atoms with Crippen LogP contribution in [0.3, 0.4) is 0 Å². The van der Waals surface area contributed by atoms with E-state index in [0.29, 0.717) is 17.4 Å². The summed E-state index contributed by atoms with van der Waals surface area (Å²) in [6.07, 6.45) is 6.09. The number of hydrogen-bond acceptors (Lipinski definition) is 5. The number of ether oxygens (including phenoxy) is 1. The number of hydrogen-bond donors (Lipinski definition) is 2. The Kier molecular flexibility index (Phi) is 13.2. The maximum Gasteiger partial charge on any atom is 0.419 e. The fraction of sp³-hybridized carbons (Fsp3) is 0.680. The van der Waals surface area contributed by atoms with Crippen LogP contribution in [0.5, 0.6) is 0 Å². The lowest BCUT2D eigenvalue weighted by Crippen LogP contribution is -2.14. The molecule has 9 heteroatoms. The van der Waals surface area contributed by atoms with E-state index in [9.17, 15) is 13.2 Å². The SMILES string of the molecule is CC.CC(C)n1ccc(-c2cnc(N)c(C(F)(F)F)c2)n1.CC1CCCC1.COC1CCNC1. The summed E-state index contributed by atoms with van der Waals surface area (Å²) in [5, 5.41) is 7.40. The van der Waals surface area contributed by atoms with Gasteiger partial charge >= 0.3 is 6.18 Å². The van der Waals surface area contributed by atoms with Crippen LogP contribution in [-0.2, 0) is 10.9 Å². The van der Waals surface area contributed by atoms with Crippen LogP contribution in [0.1, 0.15) is 78.3 Å². The number of nitrogens with zero attached hydrogens (tertiary/aromatic N) is 3. The van der Waals surface area contributed by atoms with Gasteiger partial charge in [0.15, 0.2) is 0 Å². The van der Waals surface area contributed by atoms with Crippen molar-refractivity contribution in [1.82, 2.24) is 20.1 Å². The second-order valence-electron chi connectivity index (χ2n) is 8.67. The minimum atomic E-state index is -4.52. The fourth-order valence-corrected chi connectivity index (χ4v) is 3.58. The van der Waals surface area contributed by atoms with Gasteiger partial charge in [0.1, 0.15) is 5.82 Å². The molecule has 1 atom stereocenters. The molecule has 1 saturated heterocycles. The Morgan fingerprint density at radius 2 is 1.82 bits per heavy atom. The lowest BCUT2D eigenvalue weighted by molar-refractivity contribution is -0.137. The fourth-order valence-electron chi connectivity index (χ4n) is 3.58. The number of nitrogens with two attached hydrogens (primary N) is 1. The summed E-state index contributed by atoms with van der Waals surface area (Å²) in [6, 6.07) is 2.75. The van der Waals surface area contributed by atoms with E-state index in [1.54, 1.807) is 24.1 Å². The van der Waals surface area contributed by atoms with Gasteiger partial charge in [0.2, 0.25) is 0 Å². The first-order valence-electron chi connectivity index (χ1n) is 12.2. The second-order valence-corrected chi connectivity index (χ2v) is 8.67. The predicted octanol–water partition coefficient (Wildman–Crippen LogP) is 6.34. The number of nitrogen functional groups attached to an aromatic ring is 1. The second kappa shape index (κ2) is 15.0. The molecule has 1 aliphatic heterocycles. The summed E-state index contributed by atoms with van der Waals surface area (Å²) in [5.74, 6) is 0.518. The topological polar surface area (TPSA) is 78.0 Å². The summed E-state index contributed by atoms with van der Waals surface area (Å²) < 4.78 is 44.9. The molecular weight excluding hydrogens is 443 g/mol. The smallest absolute Gasteiger partial charge is 0.383 e. The van der Waals surface area contributed by atoms with Crippen LogP contribution in [-0.4, -0.2) is 41.1 Å². The first kappa shape index (κ1) is 29.9. The Labute approximate surface area is 202 Å². The number of methoxy groups -OCH3 is 1. The third-order valence-corrected chi connectivity index (χ3v) is 5.65. The van der Waals surface area contributed by atoms with E-state index in [2.05, 4.69) is 22.3 Å². The maximum absolute atomic E-state index is 12.7. The van der Waals surface area contributed by atoms with Crippen molar-refractivity contribution in [2.24, 2.45) is 5.92 Å². The summed E-state index contributed by atoms with van der Waals surface area (Å²) in [5.41, 5.74) is 5.04. The molecule has 2 aromatic rings. The van der Waals surface area contributed by atoms with E-state index < -0.39 is 17.6 Å². The molecule has 0 aromatic carbocycles. The predicted molar refractivity (Wildman–Crippen MR) is 133 cm³/mol. The molecule has 0 radical (unpaired) electrons. The molecule has 1 unspecified atom stereocenters. The molecular formula is C25H42F3N5O. The summed E-state index contributed by atoms with van der Waals surface area (Å²) in [7, 11) is 1.76. The highest BCUT2D eigenvalue weighted by atomic mass is 19.4. The largest absolute Gasteiger partial charge is 0.419 e. The van der Waals surface area contributed by atoms with Crippen molar-refractivity contribution >= 4 is 5.82 Å². The van der Waals surface area contributed by atoms with Crippen LogP contribution < -0.4 is 11.1 Å². The quantitative estimate of drug-likeness (QED) is 0.530. The first-order valence-corrected chi connectivity index (χ1v) is 12.2. The third kappa shape index (κ3) is 10.0. The van der Waals surface area contributed by atoms with E-state index >= 15 is 0 Å². The van der Waals surface area contributed by atoms with E-state index in [0.717, 1.165) is 25.1 Å². The molecule has 6 nitrogen and oxygen atoms in total. The van der Waals surface area contributed by atoms with Crippen LogP contribution in [0.2, 0.25) is 0 Å². The zero-order valence-electron chi connectivity index (χ0n) is 21.5. The minimum Gasteiger partial charge on any atom is -0.383 e. The number of aromatic nitrogens is 3. The molecule has 194 valence electrons. The number of alkyl halides is 3. The van der Waals surface area contributed by atoms with Crippen molar-refractivity contribution in [1.29, 1.82) is 0 Å². The molecule has 0 bridgehead atoms. The highest BCUT2D eigenvalue weighted by molar-refractivity contribution is 5.61. The average Bonchev–Trinajstić information content (AvgIpc) is 3.58. The number of halogens is 3. The van der Waals surface area contributed by atoms with Crippen LogP contribution in [0.4, 0.5) is 19.0 Å². The molecule has 34 heavy (non-hydrogen) atoms. The van der Waals surface area contributed by atoms with Gasteiger partial charge in [-0.15, -0.1) is 0 Å². The van der Waals surface area contributed by atoms with Crippen molar-refractivity contribution in [3.63, 3.8) is 0 Å². The highest BCUT2D eigenvalue weighted by Gasteiger charge is 2.34. The molecule has 1 aliphatic carbocycles. The molecule has 2 fully saturated rings. The van der Waals surface area contributed by atoms with Gasteiger partial charge < -0.3 is 15.8 Å². The monoisotopic (exact) mass is 485 g/mol. The Morgan fingerprint density at radius 1 is 1.18 bits per heavy atom. The van der Waals surface area contributed by atoms with Gasteiger partial charge in [0, 0.05) is 37.7 Å². The number of anilines is 1. The summed E-state index contributed by atoms with van der Waals surface area (Å²) in [4.78, 5) is 3.58. The normalized spacial score (nSPS) is 17.9. The average molecular weight is 486 g/mol.